The molecule has 0 radical (unpaired) electrons. The molecule has 2 rings (SSSR count). The number of carboxylic acid groups (broad SMARTS) is 1. The Morgan fingerprint density at radius 1 is 1.44 bits per heavy atom. The smallest absolute Gasteiger partial charge is 0.303 e. The summed E-state index contributed by atoms with van der Waals surface area (Å²) in [6.45, 7) is 0.430. The number of rotatable bonds is 5. The molecule has 1 aromatic carbocycles. The summed E-state index contributed by atoms with van der Waals surface area (Å²) in [6, 6.07) is 7.16. The van der Waals surface area contributed by atoms with Gasteiger partial charge >= 0.3 is 5.97 Å². The minimum Gasteiger partial charge on any atom is -0.481 e. The van der Waals surface area contributed by atoms with Gasteiger partial charge in [-0.05, 0) is 23.8 Å². The van der Waals surface area contributed by atoms with Crippen LogP contribution >= 0.6 is 11.6 Å². The van der Waals surface area contributed by atoms with Gasteiger partial charge in [0.25, 0.3) is 0 Å². The molecule has 94 valence electrons. The van der Waals surface area contributed by atoms with Gasteiger partial charge in [-0.15, -0.1) is 10.2 Å². The number of tetrazole rings is 1. The van der Waals surface area contributed by atoms with Crippen molar-refractivity contribution >= 4 is 17.6 Å². The van der Waals surface area contributed by atoms with Crippen LogP contribution in [0.4, 0.5) is 0 Å². The maximum atomic E-state index is 10.4. The largest absolute Gasteiger partial charge is 0.481 e. The number of carboxylic acids is 1. The van der Waals surface area contributed by atoms with Gasteiger partial charge in [-0.25, -0.2) is 0 Å². The Morgan fingerprint density at radius 2 is 2.28 bits per heavy atom. The standard InChI is InChI=1S/C11H11ClN4O2/c12-9-4-1-3-8(7-9)11-13-15-16(14-11)6-2-5-10(17)18/h1,3-4,7H,2,5-6H2,(H,17,18). The van der Waals surface area contributed by atoms with E-state index < -0.39 is 5.97 Å². The lowest BCUT2D eigenvalue weighted by Gasteiger charge is -1.96. The van der Waals surface area contributed by atoms with Gasteiger partial charge in [-0.2, -0.15) is 4.80 Å². The summed E-state index contributed by atoms with van der Waals surface area (Å²) < 4.78 is 0. The van der Waals surface area contributed by atoms with E-state index in [-0.39, 0.29) is 6.42 Å². The van der Waals surface area contributed by atoms with Crippen LogP contribution in [0.15, 0.2) is 24.3 Å². The molecule has 2 aromatic rings. The Kier molecular flexibility index (Phi) is 3.88. The molecular formula is C11H11ClN4O2. The lowest BCUT2D eigenvalue weighted by atomic mass is 10.2. The van der Waals surface area contributed by atoms with Crippen molar-refractivity contribution < 1.29 is 9.90 Å². The van der Waals surface area contributed by atoms with Gasteiger partial charge in [0.2, 0.25) is 5.82 Å². The second-order valence-corrected chi connectivity index (χ2v) is 4.15. The first-order valence-corrected chi connectivity index (χ1v) is 5.78. The number of aromatic nitrogens is 4. The Labute approximate surface area is 108 Å². The lowest BCUT2D eigenvalue weighted by molar-refractivity contribution is -0.137. The van der Waals surface area contributed by atoms with Crippen LogP contribution < -0.4 is 0 Å². The highest BCUT2D eigenvalue weighted by Gasteiger charge is 2.06. The van der Waals surface area contributed by atoms with Gasteiger partial charge < -0.3 is 5.11 Å². The summed E-state index contributed by atoms with van der Waals surface area (Å²) in [5, 5.41) is 21.1. The maximum Gasteiger partial charge on any atom is 0.303 e. The van der Waals surface area contributed by atoms with E-state index in [0.29, 0.717) is 23.8 Å². The minimum absolute atomic E-state index is 0.0913. The first-order chi connectivity index (χ1) is 8.65. The van der Waals surface area contributed by atoms with Crippen molar-refractivity contribution in [3.8, 4) is 11.4 Å². The number of halogens is 1. The van der Waals surface area contributed by atoms with Crippen LogP contribution in [0.25, 0.3) is 11.4 Å². The number of carbonyl (C=O) groups is 1. The third-order valence-electron chi connectivity index (χ3n) is 2.28. The third-order valence-corrected chi connectivity index (χ3v) is 2.52. The fourth-order valence-electron chi connectivity index (χ4n) is 1.45. The first kappa shape index (κ1) is 12.5. The fourth-order valence-corrected chi connectivity index (χ4v) is 1.64. The van der Waals surface area contributed by atoms with Crippen molar-refractivity contribution in [1.29, 1.82) is 0 Å². The van der Waals surface area contributed by atoms with Crippen LogP contribution in [0.5, 0.6) is 0 Å². The average molecular weight is 267 g/mol. The molecule has 0 aliphatic rings. The summed E-state index contributed by atoms with van der Waals surface area (Å²) in [5.41, 5.74) is 0.784. The van der Waals surface area contributed by atoms with E-state index in [2.05, 4.69) is 15.4 Å². The van der Waals surface area contributed by atoms with Crippen LogP contribution in [0.1, 0.15) is 12.8 Å². The molecule has 18 heavy (non-hydrogen) atoms. The summed E-state index contributed by atoms with van der Waals surface area (Å²) in [7, 11) is 0. The zero-order chi connectivity index (χ0) is 13.0. The van der Waals surface area contributed by atoms with E-state index in [1.165, 1.54) is 4.80 Å². The Hall–Kier alpha value is -1.95. The third kappa shape index (κ3) is 3.27. The van der Waals surface area contributed by atoms with E-state index in [9.17, 15) is 4.79 Å². The van der Waals surface area contributed by atoms with Gasteiger partial charge in [0.15, 0.2) is 0 Å². The van der Waals surface area contributed by atoms with E-state index in [1.54, 1.807) is 12.1 Å². The Bertz CT molecular complexity index is 555. The lowest BCUT2D eigenvalue weighted by Crippen LogP contribution is -2.05. The highest BCUT2D eigenvalue weighted by atomic mass is 35.5. The topological polar surface area (TPSA) is 80.9 Å². The molecule has 0 saturated carbocycles. The molecule has 1 N–H and O–H groups in total. The quantitative estimate of drug-likeness (QED) is 0.893. The normalized spacial score (nSPS) is 10.5. The van der Waals surface area contributed by atoms with E-state index in [0.717, 1.165) is 5.56 Å². The maximum absolute atomic E-state index is 10.4. The molecule has 0 fully saturated rings. The van der Waals surface area contributed by atoms with Crippen molar-refractivity contribution in [2.45, 2.75) is 19.4 Å². The Balaban J connectivity index is 2.04. The second kappa shape index (κ2) is 5.59. The molecule has 0 aliphatic heterocycles. The minimum atomic E-state index is -0.829. The molecule has 1 heterocycles. The van der Waals surface area contributed by atoms with Gasteiger partial charge in [0.1, 0.15) is 0 Å². The molecule has 7 heteroatoms. The number of nitrogens with zero attached hydrogens (tertiary/aromatic N) is 4. The molecule has 0 aliphatic carbocycles. The Morgan fingerprint density at radius 3 is 3.00 bits per heavy atom. The van der Waals surface area contributed by atoms with Crippen molar-refractivity contribution in [3.05, 3.63) is 29.3 Å². The molecule has 1 aromatic heterocycles. The van der Waals surface area contributed by atoms with Crippen molar-refractivity contribution in [1.82, 2.24) is 20.2 Å². The molecule has 0 unspecified atom stereocenters. The van der Waals surface area contributed by atoms with Crippen molar-refractivity contribution in [2.75, 3.05) is 0 Å². The molecule has 0 saturated heterocycles. The molecule has 6 nitrogen and oxygen atoms in total. The number of hydrogen-bond donors (Lipinski definition) is 1. The predicted octanol–water partition coefficient (Wildman–Crippen LogP) is 1.86. The van der Waals surface area contributed by atoms with Crippen LogP contribution in [0.3, 0.4) is 0 Å². The summed E-state index contributed by atoms with van der Waals surface area (Å²) in [5.74, 6) is -0.349. The van der Waals surface area contributed by atoms with Gasteiger partial charge in [-0.1, -0.05) is 23.7 Å². The summed E-state index contributed by atoms with van der Waals surface area (Å²) in [4.78, 5) is 11.8. The molecule has 0 amide bonds. The molecule has 0 spiro atoms. The highest BCUT2D eigenvalue weighted by molar-refractivity contribution is 6.30. The number of benzene rings is 1. The van der Waals surface area contributed by atoms with Gasteiger partial charge in [0.05, 0.1) is 6.54 Å². The zero-order valence-electron chi connectivity index (χ0n) is 9.45. The SMILES string of the molecule is O=C(O)CCCn1nnc(-c2cccc(Cl)c2)n1. The van der Waals surface area contributed by atoms with E-state index in [4.69, 9.17) is 16.7 Å². The second-order valence-electron chi connectivity index (χ2n) is 3.72. The van der Waals surface area contributed by atoms with Gasteiger partial charge in [0, 0.05) is 17.0 Å². The van der Waals surface area contributed by atoms with Crippen molar-refractivity contribution in [2.24, 2.45) is 0 Å². The number of aliphatic carboxylic acids is 1. The average Bonchev–Trinajstić information content (AvgIpc) is 2.77. The molecule has 0 atom stereocenters. The van der Waals surface area contributed by atoms with Crippen molar-refractivity contribution in [3.63, 3.8) is 0 Å². The van der Waals surface area contributed by atoms with Crippen LogP contribution in [-0.4, -0.2) is 31.3 Å². The molecular weight excluding hydrogens is 256 g/mol. The fraction of sp³-hybridized carbons (Fsp3) is 0.273. The van der Waals surface area contributed by atoms with Crippen LogP contribution in [-0.2, 0) is 11.3 Å². The number of hydrogen-bond acceptors (Lipinski definition) is 4. The summed E-state index contributed by atoms with van der Waals surface area (Å²) >= 11 is 5.87. The van der Waals surface area contributed by atoms with Gasteiger partial charge in [-0.3, -0.25) is 4.79 Å². The molecule has 0 bridgehead atoms. The number of aryl methyl sites for hydroxylation is 1. The predicted molar refractivity (Wildman–Crippen MR) is 65.1 cm³/mol. The summed E-state index contributed by atoms with van der Waals surface area (Å²) in [6.07, 6.45) is 0.564. The monoisotopic (exact) mass is 266 g/mol. The van der Waals surface area contributed by atoms with E-state index in [1.807, 2.05) is 12.1 Å². The van der Waals surface area contributed by atoms with Crippen LogP contribution in [0.2, 0.25) is 5.02 Å². The zero-order valence-corrected chi connectivity index (χ0v) is 10.2. The highest BCUT2D eigenvalue weighted by Crippen LogP contribution is 2.18. The van der Waals surface area contributed by atoms with E-state index >= 15 is 0 Å². The van der Waals surface area contributed by atoms with Crippen LogP contribution in [0, 0.1) is 0 Å². The first-order valence-electron chi connectivity index (χ1n) is 5.41.